The zero-order valence-corrected chi connectivity index (χ0v) is 19.6. The van der Waals surface area contributed by atoms with Crippen molar-refractivity contribution in [3.05, 3.63) is 81.9 Å². The van der Waals surface area contributed by atoms with Crippen LogP contribution in [0.5, 0.6) is 0 Å². The summed E-state index contributed by atoms with van der Waals surface area (Å²) in [7, 11) is 0. The van der Waals surface area contributed by atoms with Crippen LogP contribution >= 0.6 is 0 Å². The number of rotatable bonds is 15. The molecule has 0 radical (unpaired) electrons. The van der Waals surface area contributed by atoms with Gasteiger partial charge < -0.3 is 21.5 Å². The summed E-state index contributed by atoms with van der Waals surface area (Å²) in [5.41, 5.74) is 5.43. The monoisotopic (exact) mass is 483 g/mol. The molecule has 0 heterocycles. The van der Waals surface area contributed by atoms with E-state index in [4.69, 9.17) is 11.1 Å². The van der Waals surface area contributed by atoms with Gasteiger partial charge in [0.25, 0.3) is 0 Å². The molecule has 2 rings (SSSR count). The van der Waals surface area contributed by atoms with Crippen molar-refractivity contribution < 1.29 is 19.6 Å². The lowest BCUT2D eigenvalue weighted by Crippen LogP contribution is -2.67. The van der Waals surface area contributed by atoms with Gasteiger partial charge in [-0.25, -0.2) is 4.79 Å². The first-order chi connectivity index (χ1) is 16.7. The molecule has 2 atom stereocenters. The Labute approximate surface area is 204 Å². The number of hydrogen-bond donors (Lipinski definition) is 5. The van der Waals surface area contributed by atoms with Gasteiger partial charge in [-0.15, -0.1) is 0 Å². The molecule has 2 aromatic carbocycles. The van der Waals surface area contributed by atoms with E-state index in [-0.39, 0.29) is 12.8 Å². The second kappa shape index (κ2) is 13.7. The molecule has 35 heavy (non-hydrogen) atoms. The van der Waals surface area contributed by atoms with Gasteiger partial charge in [0.05, 0.1) is 0 Å². The minimum Gasteiger partial charge on any atom is -0.478 e. The van der Waals surface area contributed by atoms with Gasteiger partial charge in [-0.2, -0.15) is 0 Å². The number of benzene rings is 2. The summed E-state index contributed by atoms with van der Waals surface area (Å²) in [5.74, 6) is -3.16. The first-order valence-electron chi connectivity index (χ1n) is 11.6. The molecule has 0 aliphatic rings. The average molecular weight is 484 g/mol. The fourth-order valence-corrected chi connectivity index (χ4v) is 3.97. The summed E-state index contributed by atoms with van der Waals surface area (Å²) < 4.78 is 0. The molecule has 0 saturated heterocycles. The summed E-state index contributed by atoms with van der Waals surface area (Å²) in [4.78, 5) is 35.7. The number of amides is 1. The van der Waals surface area contributed by atoms with Gasteiger partial charge in [-0.05, 0) is 36.8 Å². The van der Waals surface area contributed by atoms with E-state index in [0.29, 0.717) is 12.8 Å². The number of aliphatic carboxylic acids is 1. The van der Waals surface area contributed by atoms with Gasteiger partial charge in [0.2, 0.25) is 18.1 Å². The van der Waals surface area contributed by atoms with Crippen molar-refractivity contribution in [1.29, 1.82) is 5.41 Å². The Morgan fingerprint density at radius 2 is 1.60 bits per heavy atom. The third-order valence-electron chi connectivity index (χ3n) is 5.75. The molecule has 0 aromatic heterocycles. The number of hydrogen-bond acceptors (Lipinski definition) is 5. The number of carbonyl (C=O) groups is 2. The predicted octanol–water partition coefficient (Wildman–Crippen LogP) is 2.70. The third kappa shape index (κ3) is 9.44. The third-order valence-corrected chi connectivity index (χ3v) is 5.75. The van der Waals surface area contributed by atoms with Crippen LogP contribution in [0.1, 0.15) is 43.2 Å². The smallest absolute Gasteiger partial charge is 0.350 e. The molecule has 0 aliphatic carbocycles. The number of nitrogens with one attached hydrogen (secondary N) is 3. The molecule has 6 N–H and O–H groups in total. The van der Waals surface area contributed by atoms with Gasteiger partial charge in [0, 0.05) is 23.7 Å². The molecule has 0 spiro atoms. The maximum absolute atomic E-state index is 13.4. The summed E-state index contributed by atoms with van der Waals surface area (Å²) in [5, 5.41) is 33.0. The number of aryl methyl sites for hydroxylation is 1. The molecule has 1 unspecified atom stereocenters. The fraction of sp³-hybridized carbons (Fsp3) is 0.400. The van der Waals surface area contributed by atoms with E-state index in [9.17, 15) is 24.8 Å². The first-order valence-corrected chi connectivity index (χ1v) is 11.6. The van der Waals surface area contributed by atoms with Gasteiger partial charge in [0.15, 0.2) is 5.96 Å². The molecule has 10 nitrogen and oxygen atoms in total. The summed E-state index contributed by atoms with van der Waals surface area (Å²) in [6.07, 6.45) is 2.98. The van der Waals surface area contributed by atoms with Crippen molar-refractivity contribution in [1.82, 2.24) is 10.6 Å². The lowest BCUT2D eigenvalue weighted by Gasteiger charge is -2.33. The van der Waals surface area contributed by atoms with E-state index in [0.717, 1.165) is 24.8 Å². The van der Waals surface area contributed by atoms with E-state index < -0.39 is 40.9 Å². The van der Waals surface area contributed by atoms with Gasteiger partial charge in [0.1, 0.15) is 0 Å². The van der Waals surface area contributed by atoms with Gasteiger partial charge in [-0.1, -0.05) is 67.1 Å². The second-order valence-electron chi connectivity index (χ2n) is 8.52. The zero-order chi connectivity index (χ0) is 25.7. The van der Waals surface area contributed by atoms with Crippen LogP contribution in [0.15, 0.2) is 60.7 Å². The topological polar surface area (TPSA) is 171 Å². The Kier molecular flexibility index (Phi) is 10.7. The standard InChI is InChI=1S/C25H33N5O5/c26-24(27)29-25(23(32)33,16-9-17-30(34)35)28-22(31)21(18-20-13-5-2-6-14-20)15-8-7-12-19-10-3-1-4-11-19/h1-6,10-11,13-14,21H,7-9,12,15-18H2,(H,28,31)(H,32,33)(H4,26,27,29)/t21?,25-/m1/s1. The van der Waals surface area contributed by atoms with Crippen LogP contribution in [0.25, 0.3) is 0 Å². The summed E-state index contributed by atoms with van der Waals surface area (Å²) >= 11 is 0. The minimum absolute atomic E-state index is 0.125. The van der Waals surface area contributed by atoms with E-state index >= 15 is 0 Å². The number of carboxylic acids is 1. The van der Waals surface area contributed by atoms with Crippen LogP contribution < -0.4 is 16.4 Å². The van der Waals surface area contributed by atoms with Crippen molar-refractivity contribution in [2.75, 3.05) is 6.54 Å². The summed E-state index contributed by atoms with van der Waals surface area (Å²) in [6.45, 7) is -0.475. The highest BCUT2D eigenvalue weighted by Crippen LogP contribution is 2.20. The molecular weight excluding hydrogens is 450 g/mol. The van der Waals surface area contributed by atoms with Crippen molar-refractivity contribution in [2.24, 2.45) is 11.7 Å². The second-order valence-corrected chi connectivity index (χ2v) is 8.52. The molecule has 10 heteroatoms. The van der Waals surface area contributed by atoms with Crippen LogP contribution in [-0.2, 0) is 22.4 Å². The van der Waals surface area contributed by atoms with E-state index in [1.165, 1.54) is 5.56 Å². The van der Waals surface area contributed by atoms with Gasteiger partial charge >= 0.3 is 5.97 Å². The normalized spacial score (nSPS) is 13.3. The van der Waals surface area contributed by atoms with Crippen LogP contribution in [0.4, 0.5) is 0 Å². The Bertz CT molecular complexity index is 986. The number of carboxylic acid groups (broad SMARTS) is 1. The molecule has 0 aliphatic heterocycles. The summed E-state index contributed by atoms with van der Waals surface area (Å²) in [6, 6.07) is 19.4. The highest BCUT2D eigenvalue weighted by atomic mass is 16.6. The van der Waals surface area contributed by atoms with Crippen molar-refractivity contribution in [3.8, 4) is 0 Å². The number of nitrogens with two attached hydrogens (primary N) is 1. The lowest BCUT2D eigenvalue weighted by atomic mass is 9.91. The SMILES string of the molecule is N=C(N)N[C@@](CCC[N+](=O)[O-])(NC(=O)C(CCCCc1ccccc1)Cc1ccccc1)C(=O)O. The van der Waals surface area contributed by atoms with Crippen LogP contribution in [0, 0.1) is 21.4 Å². The predicted molar refractivity (Wildman–Crippen MR) is 132 cm³/mol. The first kappa shape index (κ1) is 27.3. The molecule has 1 amide bonds. The Hall–Kier alpha value is -3.95. The van der Waals surface area contributed by atoms with Crippen molar-refractivity contribution in [2.45, 2.75) is 50.6 Å². The zero-order valence-electron chi connectivity index (χ0n) is 19.6. The maximum Gasteiger partial charge on any atom is 0.350 e. The molecule has 188 valence electrons. The van der Waals surface area contributed by atoms with Gasteiger partial charge in [-0.3, -0.25) is 20.3 Å². The molecule has 0 fully saturated rings. The highest BCUT2D eigenvalue weighted by Gasteiger charge is 2.42. The number of unbranched alkanes of at least 4 members (excludes halogenated alkanes) is 1. The maximum atomic E-state index is 13.4. The Balaban J connectivity index is 2.15. The highest BCUT2D eigenvalue weighted by molar-refractivity contribution is 5.91. The number of nitro groups is 1. The lowest BCUT2D eigenvalue weighted by molar-refractivity contribution is -0.480. The van der Waals surface area contributed by atoms with Crippen LogP contribution in [0.2, 0.25) is 0 Å². The fourth-order valence-electron chi connectivity index (χ4n) is 3.97. The quantitative estimate of drug-likeness (QED) is 0.0647. The number of nitrogens with zero attached hydrogens (tertiary/aromatic N) is 1. The Morgan fingerprint density at radius 3 is 2.14 bits per heavy atom. The van der Waals surface area contributed by atoms with Crippen LogP contribution in [-0.4, -0.2) is 40.1 Å². The van der Waals surface area contributed by atoms with Crippen molar-refractivity contribution in [3.63, 3.8) is 0 Å². The largest absolute Gasteiger partial charge is 0.478 e. The van der Waals surface area contributed by atoms with Crippen molar-refractivity contribution >= 4 is 17.8 Å². The molecular formula is C25H33N5O5. The van der Waals surface area contributed by atoms with Crippen LogP contribution in [0.3, 0.4) is 0 Å². The average Bonchev–Trinajstić information content (AvgIpc) is 2.81. The Morgan fingerprint density at radius 1 is 1.00 bits per heavy atom. The molecule has 0 bridgehead atoms. The molecule has 2 aromatic rings. The van der Waals surface area contributed by atoms with E-state index in [2.05, 4.69) is 10.6 Å². The van der Waals surface area contributed by atoms with E-state index in [1.54, 1.807) is 0 Å². The molecule has 0 saturated carbocycles. The van der Waals surface area contributed by atoms with E-state index in [1.807, 2.05) is 60.7 Å². The number of carbonyl (C=O) groups excluding carboxylic acids is 1. The number of guanidine groups is 1. The minimum atomic E-state index is -2.11.